The lowest BCUT2D eigenvalue weighted by atomic mass is 10.2. The third kappa shape index (κ3) is 3.22. The van der Waals surface area contributed by atoms with E-state index >= 15 is 0 Å². The van der Waals surface area contributed by atoms with Gasteiger partial charge in [0.05, 0.1) is 0 Å². The summed E-state index contributed by atoms with van der Waals surface area (Å²) in [5.74, 6) is 0.944. The second-order valence-electron chi connectivity index (χ2n) is 5.50. The largest absolute Gasteiger partial charge is 0.385 e. The molecule has 1 aliphatic heterocycles. The van der Waals surface area contributed by atoms with E-state index in [0.29, 0.717) is 0 Å². The molecule has 2 fully saturated rings. The van der Waals surface area contributed by atoms with E-state index in [1.54, 1.807) is 0 Å². The second-order valence-corrected chi connectivity index (χ2v) is 5.50. The van der Waals surface area contributed by atoms with Crippen LogP contribution in [0.15, 0.2) is 24.3 Å². The maximum Gasteiger partial charge on any atom is 0.0340 e. The fraction of sp³-hybridized carbons (Fsp3) is 0.600. The zero-order valence-electron chi connectivity index (χ0n) is 10.5. The highest BCUT2D eigenvalue weighted by Gasteiger charge is 2.20. The van der Waals surface area contributed by atoms with Crippen LogP contribution in [-0.2, 0) is 6.54 Å². The van der Waals surface area contributed by atoms with Crippen LogP contribution in [0, 0.1) is 5.92 Å². The van der Waals surface area contributed by atoms with E-state index in [9.17, 15) is 0 Å². The van der Waals surface area contributed by atoms with Gasteiger partial charge in [0.15, 0.2) is 0 Å². The Hall–Kier alpha value is -1.02. The number of nitrogens with zero attached hydrogens (tertiary/aromatic N) is 1. The Morgan fingerprint density at radius 1 is 1.06 bits per heavy atom. The van der Waals surface area contributed by atoms with Crippen molar-refractivity contribution in [3.63, 3.8) is 0 Å². The van der Waals surface area contributed by atoms with Gasteiger partial charge in [-0.3, -0.25) is 4.90 Å². The van der Waals surface area contributed by atoms with Crippen molar-refractivity contribution in [2.45, 2.75) is 32.2 Å². The number of hydrogen-bond acceptors (Lipinski definition) is 2. The molecule has 0 unspecified atom stereocenters. The molecular formula is C15H22N2. The average Bonchev–Trinajstić information content (AvgIpc) is 3.05. The molecule has 3 rings (SSSR count). The van der Waals surface area contributed by atoms with Crippen molar-refractivity contribution >= 4 is 5.69 Å². The molecule has 0 bridgehead atoms. The third-order valence-electron chi connectivity index (χ3n) is 3.85. The SMILES string of the molecule is c1cc(NCC2CC2)ccc1CN1CCCC1. The maximum absolute atomic E-state index is 3.51. The van der Waals surface area contributed by atoms with Crippen LogP contribution < -0.4 is 5.32 Å². The molecule has 1 heterocycles. The number of likely N-dealkylation sites (tertiary alicyclic amines) is 1. The molecule has 1 aromatic rings. The summed E-state index contributed by atoms with van der Waals surface area (Å²) in [6, 6.07) is 9.00. The smallest absolute Gasteiger partial charge is 0.0340 e. The summed E-state index contributed by atoms with van der Waals surface area (Å²) < 4.78 is 0. The zero-order chi connectivity index (χ0) is 11.5. The molecule has 1 saturated heterocycles. The minimum absolute atomic E-state index is 0.944. The number of benzene rings is 1. The van der Waals surface area contributed by atoms with E-state index in [-0.39, 0.29) is 0 Å². The van der Waals surface area contributed by atoms with Crippen LogP contribution >= 0.6 is 0 Å². The molecule has 0 amide bonds. The lowest BCUT2D eigenvalue weighted by molar-refractivity contribution is 0.331. The van der Waals surface area contributed by atoms with Crippen molar-refractivity contribution in [1.82, 2.24) is 4.90 Å². The van der Waals surface area contributed by atoms with Gasteiger partial charge in [0.2, 0.25) is 0 Å². The molecule has 0 atom stereocenters. The van der Waals surface area contributed by atoms with Gasteiger partial charge < -0.3 is 5.32 Å². The normalized spacial score (nSPS) is 20.7. The third-order valence-corrected chi connectivity index (χ3v) is 3.85. The Bertz CT molecular complexity index is 348. The van der Waals surface area contributed by atoms with Crippen molar-refractivity contribution in [3.8, 4) is 0 Å². The summed E-state index contributed by atoms with van der Waals surface area (Å²) in [4.78, 5) is 2.55. The first-order chi connectivity index (χ1) is 8.40. The summed E-state index contributed by atoms with van der Waals surface area (Å²) in [7, 11) is 0. The van der Waals surface area contributed by atoms with Crippen LogP contribution in [0.2, 0.25) is 0 Å². The molecule has 1 saturated carbocycles. The Morgan fingerprint density at radius 2 is 1.76 bits per heavy atom. The van der Waals surface area contributed by atoms with Gasteiger partial charge in [-0.15, -0.1) is 0 Å². The van der Waals surface area contributed by atoms with Crippen molar-refractivity contribution in [2.24, 2.45) is 5.92 Å². The molecule has 2 heteroatoms. The van der Waals surface area contributed by atoms with Crippen molar-refractivity contribution < 1.29 is 0 Å². The van der Waals surface area contributed by atoms with Crippen molar-refractivity contribution in [1.29, 1.82) is 0 Å². The number of anilines is 1. The van der Waals surface area contributed by atoms with E-state index in [1.165, 1.54) is 50.0 Å². The predicted octanol–water partition coefficient (Wildman–Crippen LogP) is 3.10. The first-order valence-electron chi connectivity index (χ1n) is 6.95. The highest BCUT2D eigenvalue weighted by atomic mass is 15.1. The van der Waals surface area contributed by atoms with Crippen LogP contribution in [0.1, 0.15) is 31.2 Å². The molecule has 0 spiro atoms. The summed E-state index contributed by atoms with van der Waals surface area (Å²) >= 11 is 0. The monoisotopic (exact) mass is 230 g/mol. The van der Waals surface area contributed by atoms with Crippen molar-refractivity contribution in [3.05, 3.63) is 29.8 Å². The Labute approximate surface area is 104 Å². The lowest BCUT2D eigenvalue weighted by Gasteiger charge is -2.14. The molecule has 2 nitrogen and oxygen atoms in total. The van der Waals surface area contributed by atoms with E-state index < -0.39 is 0 Å². The van der Waals surface area contributed by atoms with Crippen LogP contribution in [0.4, 0.5) is 5.69 Å². The number of rotatable bonds is 5. The minimum atomic E-state index is 0.944. The average molecular weight is 230 g/mol. The summed E-state index contributed by atoms with van der Waals surface area (Å²) in [6.45, 7) is 4.84. The highest BCUT2D eigenvalue weighted by molar-refractivity contribution is 5.44. The van der Waals surface area contributed by atoms with E-state index in [2.05, 4.69) is 34.5 Å². The predicted molar refractivity (Wildman–Crippen MR) is 72.2 cm³/mol. The molecule has 1 N–H and O–H groups in total. The molecule has 92 valence electrons. The summed E-state index contributed by atoms with van der Waals surface area (Å²) in [5, 5.41) is 3.51. The Kier molecular flexibility index (Phi) is 3.32. The highest BCUT2D eigenvalue weighted by Crippen LogP contribution is 2.28. The van der Waals surface area contributed by atoms with Crippen LogP contribution in [0.5, 0.6) is 0 Å². The number of nitrogens with one attached hydrogen (secondary N) is 1. The van der Waals surface area contributed by atoms with Gasteiger partial charge in [-0.05, 0) is 62.4 Å². The van der Waals surface area contributed by atoms with E-state index in [0.717, 1.165) is 19.0 Å². The summed E-state index contributed by atoms with van der Waals surface area (Å²) in [6.07, 6.45) is 5.59. The minimum Gasteiger partial charge on any atom is -0.385 e. The molecular weight excluding hydrogens is 208 g/mol. The second kappa shape index (κ2) is 5.09. The van der Waals surface area contributed by atoms with Gasteiger partial charge in [0, 0.05) is 18.8 Å². The van der Waals surface area contributed by atoms with Crippen molar-refractivity contribution in [2.75, 3.05) is 25.0 Å². The zero-order valence-corrected chi connectivity index (χ0v) is 10.5. The van der Waals surface area contributed by atoms with Crippen LogP contribution in [0.3, 0.4) is 0 Å². The fourth-order valence-corrected chi connectivity index (χ4v) is 2.51. The molecule has 1 aromatic carbocycles. The van der Waals surface area contributed by atoms with Gasteiger partial charge in [-0.25, -0.2) is 0 Å². The first-order valence-corrected chi connectivity index (χ1v) is 6.95. The Morgan fingerprint density at radius 3 is 2.41 bits per heavy atom. The molecule has 17 heavy (non-hydrogen) atoms. The summed E-state index contributed by atoms with van der Waals surface area (Å²) in [5.41, 5.74) is 2.73. The van der Waals surface area contributed by atoms with E-state index in [1.807, 2.05) is 0 Å². The molecule has 2 aliphatic rings. The first kappa shape index (κ1) is 11.1. The Balaban J connectivity index is 1.51. The topological polar surface area (TPSA) is 15.3 Å². The van der Waals surface area contributed by atoms with Crippen LogP contribution in [0.25, 0.3) is 0 Å². The fourth-order valence-electron chi connectivity index (χ4n) is 2.51. The van der Waals surface area contributed by atoms with Crippen LogP contribution in [-0.4, -0.2) is 24.5 Å². The van der Waals surface area contributed by atoms with Gasteiger partial charge in [0.1, 0.15) is 0 Å². The molecule has 0 aromatic heterocycles. The van der Waals surface area contributed by atoms with Gasteiger partial charge in [0.25, 0.3) is 0 Å². The molecule has 1 aliphatic carbocycles. The van der Waals surface area contributed by atoms with Gasteiger partial charge in [-0.2, -0.15) is 0 Å². The quantitative estimate of drug-likeness (QED) is 0.836. The molecule has 0 radical (unpaired) electrons. The number of hydrogen-bond donors (Lipinski definition) is 1. The van der Waals surface area contributed by atoms with Gasteiger partial charge >= 0.3 is 0 Å². The lowest BCUT2D eigenvalue weighted by Crippen LogP contribution is -2.18. The standard InChI is InChI=1S/C15H22N2/c1-2-10-17(9-1)12-14-5-7-15(8-6-14)16-11-13-3-4-13/h5-8,13,16H,1-4,9-12H2. The van der Waals surface area contributed by atoms with Gasteiger partial charge in [-0.1, -0.05) is 12.1 Å². The maximum atomic E-state index is 3.51. The van der Waals surface area contributed by atoms with E-state index in [4.69, 9.17) is 0 Å².